The molecular weight excluding hydrogens is 210 g/mol. The van der Waals surface area contributed by atoms with Gasteiger partial charge < -0.3 is 20.3 Å². The molecule has 1 aliphatic rings. The molecule has 5 nitrogen and oxygen atoms in total. The van der Waals surface area contributed by atoms with Crippen molar-refractivity contribution in [2.24, 2.45) is 0 Å². The smallest absolute Gasteiger partial charge is 0.220 e. The van der Waals surface area contributed by atoms with E-state index < -0.39 is 6.10 Å². The van der Waals surface area contributed by atoms with Crippen molar-refractivity contribution in [3.8, 4) is 0 Å². The maximum atomic E-state index is 11.4. The van der Waals surface area contributed by atoms with Gasteiger partial charge in [-0.15, -0.1) is 6.58 Å². The Labute approximate surface area is 95.1 Å². The average Bonchev–Trinajstić information content (AvgIpc) is 2.29. The monoisotopic (exact) mass is 229 g/mol. The normalized spacial score (nSPS) is 29.8. The zero-order valence-electron chi connectivity index (χ0n) is 9.26. The fourth-order valence-electron chi connectivity index (χ4n) is 1.63. The summed E-state index contributed by atoms with van der Waals surface area (Å²) < 4.78 is 5.27. The highest BCUT2D eigenvalue weighted by Gasteiger charge is 2.30. The topological polar surface area (TPSA) is 78.8 Å². The third kappa shape index (κ3) is 3.92. The predicted octanol–water partition coefficient (Wildman–Crippen LogP) is -0.421. The van der Waals surface area contributed by atoms with Crippen molar-refractivity contribution in [1.29, 1.82) is 0 Å². The van der Waals surface area contributed by atoms with Gasteiger partial charge in [0.05, 0.1) is 31.5 Å². The first-order chi connectivity index (χ1) is 7.67. The summed E-state index contributed by atoms with van der Waals surface area (Å²) in [6.07, 6.45) is 2.04. The van der Waals surface area contributed by atoms with Gasteiger partial charge in [0.2, 0.25) is 5.91 Å². The fourth-order valence-corrected chi connectivity index (χ4v) is 1.63. The Bertz CT molecular complexity index is 244. The molecule has 3 atom stereocenters. The first-order valence-corrected chi connectivity index (χ1v) is 5.48. The van der Waals surface area contributed by atoms with E-state index in [0.29, 0.717) is 19.3 Å². The molecule has 1 heterocycles. The standard InChI is InChI=1S/C11H19NO4/c1-2-3-4-11(15)12-9-7-16-8(6-13)5-10(9)14/h2,8-10,13-14H,1,3-7H2,(H,12,15)/t8-,9-,10-/m0/s1. The van der Waals surface area contributed by atoms with Crippen molar-refractivity contribution in [2.75, 3.05) is 13.2 Å². The molecule has 0 aliphatic carbocycles. The molecule has 1 rings (SSSR count). The Kier molecular flexibility index (Phi) is 5.45. The second-order valence-electron chi connectivity index (χ2n) is 3.94. The number of hydrogen-bond acceptors (Lipinski definition) is 4. The summed E-state index contributed by atoms with van der Waals surface area (Å²) in [5.41, 5.74) is 0. The van der Waals surface area contributed by atoms with E-state index in [4.69, 9.17) is 9.84 Å². The van der Waals surface area contributed by atoms with Gasteiger partial charge in [0.25, 0.3) is 0 Å². The second kappa shape index (κ2) is 6.62. The number of aliphatic hydroxyl groups is 2. The van der Waals surface area contributed by atoms with Crippen LogP contribution in [0.2, 0.25) is 0 Å². The number of ether oxygens (including phenoxy) is 1. The van der Waals surface area contributed by atoms with Crippen LogP contribution in [-0.2, 0) is 9.53 Å². The van der Waals surface area contributed by atoms with Crippen LogP contribution in [0.3, 0.4) is 0 Å². The van der Waals surface area contributed by atoms with Gasteiger partial charge in [0.15, 0.2) is 0 Å². The van der Waals surface area contributed by atoms with Crippen molar-refractivity contribution >= 4 is 5.91 Å². The minimum Gasteiger partial charge on any atom is -0.394 e. The van der Waals surface area contributed by atoms with Crippen LogP contribution < -0.4 is 5.32 Å². The van der Waals surface area contributed by atoms with Crippen LogP contribution >= 0.6 is 0 Å². The SMILES string of the molecule is C=CCCC(=O)N[C@H]1CO[C@H](CO)C[C@@H]1O. The highest BCUT2D eigenvalue weighted by molar-refractivity contribution is 5.76. The van der Waals surface area contributed by atoms with Crippen LogP contribution in [0.15, 0.2) is 12.7 Å². The van der Waals surface area contributed by atoms with Crippen LogP contribution in [-0.4, -0.2) is 47.6 Å². The number of amides is 1. The molecule has 0 spiro atoms. The van der Waals surface area contributed by atoms with E-state index >= 15 is 0 Å². The lowest BCUT2D eigenvalue weighted by atomic mass is 10.0. The maximum absolute atomic E-state index is 11.4. The fraction of sp³-hybridized carbons (Fsp3) is 0.727. The largest absolute Gasteiger partial charge is 0.394 e. The van der Waals surface area contributed by atoms with Gasteiger partial charge in [-0.05, 0) is 6.42 Å². The molecule has 16 heavy (non-hydrogen) atoms. The summed E-state index contributed by atoms with van der Waals surface area (Å²) in [5.74, 6) is -0.116. The van der Waals surface area contributed by atoms with E-state index in [9.17, 15) is 9.90 Å². The Balaban J connectivity index is 2.32. The molecule has 3 N–H and O–H groups in total. The van der Waals surface area contributed by atoms with Crippen molar-refractivity contribution in [1.82, 2.24) is 5.32 Å². The number of hydrogen-bond donors (Lipinski definition) is 3. The van der Waals surface area contributed by atoms with Crippen molar-refractivity contribution in [3.63, 3.8) is 0 Å². The molecule has 0 radical (unpaired) electrons. The molecule has 1 amide bonds. The molecule has 92 valence electrons. The minimum atomic E-state index is -0.654. The molecule has 1 fully saturated rings. The van der Waals surface area contributed by atoms with E-state index in [0.717, 1.165) is 0 Å². The van der Waals surface area contributed by atoms with E-state index in [2.05, 4.69) is 11.9 Å². The number of carbonyl (C=O) groups is 1. The highest BCUT2D eigenvalue weighted by atomic mass is 16.5. The molecular formula is C11H19NO4. The minimum absolute atomic E-state index is 0.103. The first-order valence-electron chi connectivity index (χ1n) is 5.48. The third-order valence-corrected chi connectivity index (χ3v) is 2.61. The van der Waals surface area contributed by atoms with E-state index in [1.807, 2.05) is 0 Å². The van der Waals surface area contributed by atoms with Gasteiger partial charge in [-0.1, -0.05) is 6.08 Å². The Morgan fingerprint density at radius 3 is 2.94 bits per heavy atom. The van der Waals surface area contributed by atoms with Crippen LogP contribution in [0.5, 0.6) is 0 Å². The number of rotatable bonds is 5. The van der Waals surface area contributed by atoms with Gasteiger partial charge in [-0.25, -0.2) is 0 Å². The summed E-state index contributed by atoms with van der Waals surface area (Å²) >= 11 is 0. The van der Waals surface area contributed by atoms with Crippen LogP contribution in [0, 0.1) is 0 Å². The molecule has 1 saturated heterocycles. The zero-order chi connectivity index (χ0) is 12.0. The Hall–Kier alpha value is -0.910. The number of allylic oxidation sites excluding steroid dienone is 1. The predicted molar refractivity (Wildman–Crippen MR) is 58.8 cm³/mol. The van der Waals surface area contributed by atoms with Crippen molar-refractivity contribution < 1.29 is 19.7 Å². The summed E-state index contributed by atoms with van der Waals surface area (Å²) in [4.78, 5) is 11.4. The van der Waals surface area contributed by atoms with Gasteiger partial charge in [0.1, 0.15) is 0 Å². The van der Waals surface area contributed by atoms with E-state index in [1.54, 1.807) is 6.08 Å². The number of carbonyl (C=O) groups excluding carboxylic acids is 1. The average molecular weight is 229 g/mol. The van der Waals surface area contributed by atoms with Crippen molar-refractivity contribution in [2.45, 2.75) is 37.5 Å². The maximum Gasteiger partial charge on any atom is 0.220 e. The summed E-state index contributed by atoms with van der Waals surface area (Å²) in [7, 11) is 0. The molecule has 5 heteroatoms. The lowest BCUT2D eigenvalue weighted by molar-refractivity contribution is -0.127. The number of aliphatic hydroxyl groups excluding tert-OH is 2. The molecule has 0 saturated carbocycles. The van der Waals surface area contributed by atoms with Crippen LogP contribution in [0.1, 0.15) is 19.3 Å². The van der Waals surface area contributed by atoms with Crippen molar-refractivity contribution in [3.05, 3.63) is 12.7 Å². The molecule has 0 aromatic heterocycles. The highest BCUT2D eigenvalue weighted by Crippen LogP contribution is 2.14. The van der Waals surface area contributed by atoms with Gasteiger partial charge in [0, 0.05) is 12.8 Å². The Morgan fingerprint density at radius 2 is 2.38 bits per heavy atom. The van der Waals surface area contributed by atoms with E-state index in [-0.39, 0.29) is 31.3 Å². The summed E-state index contributed by atoms with van der Waals surface area (Å²) in [5, 5.41) is 21.3. The van der Waals surface area contributed by atoms with Gasteiger partial charge >= 0.3 is 0 Å². The summed E-state index contributed by atoms with van der Waals surface area (Å²) in [6, 6.07) is -0.375. The van der Waals surface area contributed by atoms with Gasteiger partial charge in [-0.3, -0.25) is 4.79 Å². The lowest BCUT2D eigenvalue weighted by Crippen LogP contribution is -2.52. The molecule has 0 aromatic rings. The zero-order valence-corrected chi connectivity index (χ0v) is 9.26. The van der Waals surface area contributed by atoms with E-state index in [1.165, 1.54) is 0 Å². The number of nitrogens with one attached hydrogen (secondary N) is 1. The summed E-state index contributed by atoms with van der Waals surface area (Å²) in [6.45, 7) is 3.67. The Morgan fingerprint density at radius 1 is 1.62 bits per heavy atom. The van der Waals surface area contributed by atoms with Crippen LogP contribution in [0.4, 0.5) is 0 Å². The third-order valence-electron chi connectivity index (χ3n) is 2.61. The second-order valence-corrected chi connectivity index (χ2v) is 3.94. The molecule has 0 aromatic carbocycles. The molecule has 0 bridgehead atoms. The lowest BCUT2D eigenvalue weighted by Gasteiger charge is -2.33. The van der Waals surface area contributed by atoms with Gasteiger partial charge in [-0.2, -0.15) is 0 Å². The molecule has 1 aliphatic heterocycles. The first kappa shape index (κ1) is 13.2. The van der Waals surface area contributed by atoms with Crippen LogP contribution in [0.25, 0.3) is 0 Å². The quantitative estimate of drug-likeness (QED) is 0.559. The molecule has 0 unspecified atom stereocenters.